The van der Waals surface area contributed by atoms with Crippen LogP contribution < -0.4 is 4.90 Å². The maximum atomic E-state index is 13.4. The molecule has 0 aliphatic carbocycles. The standard InChI is InChI=1S/C25H30N4O3S2/c1-17-6-9-20(10-7-17)34(31,32)29-12-4-5-21(29)24(30)27-13-15-28(16-14-27)25-26-23-19(3)18(2)8-11-22(23)33-25/h6-11,21H,4-5,12-16H2,1-3H3. The van der Waals surface area contributed by atoms with Crippen LogP contribution in [-0.2, 0) is 14.8 Å². The molecule has 5 rings (SSSR count). The second kappa shape index (κ2) is 8.94. The summed E-state index contributed by atoms with van der Waals surface area (Å²) in [5.41, 5.74) is 4.51. The average Bonchev–Trinajstić information content (AvgIpc) is 3.50. The van der Waals surface area contributed by atoms with Gasteiger partial charge in [-0.3, -0.25) is 4.79 Å². The Morgan fingerprint density at radius 3 is 2.38 bits per heavy atom. The van der Waals surface area contributed by atoms with Crippen molar-refractivity contribution in [2.75, 3.05) is 37.6 Å². The molecule has 3 aromatic rings. The van der Waals surface area contributed by atoms with Crippen molar-refractivity contribution in [2.24, 2.45) is 0 Å². The molecule has 2 saturated heterocycles. The van der Waals surface area contributed by atoms with Gasteiger partial charge in [0.1, 0.15) is 6.04 Å². The zero-order valence-electron chi connectivity index (χ0n) is 19.8. The Kier molecular flexibility index (Phi) is 6.12. The fourth-order valence-electron chi connectivity index (χ4n) is 4.80. The topological polar surface area (TPSA) is 73.8 Å². The number of thiazole rings is 1. The van der Waals surface area contributed by atoms with E-state index in [4.69, 9.17) is 4.98 Å². The monoisotopic (exact) mass is 498 g/mol. The van der Waals surface area contributed by atoms with Crippen LogP contribution in [0.1, 0.15) is 29.5 Å². The van der Waals surface area contributed by atoms with Gasteiger partial charge in [0.25, 0.3) is 0 Å². The molecule has 0 N–H and O–H groups in total. The Morgan fingerprint density at radius 2 is 1.68 bits per heavy atom. The van der Waals surface area contributed by atoms with E-state index in [1.54, 1.807) is 35.6 Å². The fourth-order valence-corrected chi connectivity index (χ4v) is 7.53. The second-order valence-electron chi connectivity index (χ2n) is 9.25. The van der Waals surface area contributed by atoms with Crippen molar-refractivity contribution in [1.29, 1.82) is 0 Å². The molecule has 180 valence electrons. The molecule has 2 aromatic carbocycles. The molecule has 2 aliphatic rings. The number of fused-ring (bicyclic) bond motifs is 1. The molecule has 34 heavy (non-hydrogen) atoms. The van der Waals surface area contributed by atoms with Crippen LogP contribution >= 0.6 is 11.3 Å². The third-order valence-corrected chi connectivity index (χ3v) is 10.1. The van der Waals surface area contributed by atoms with E-state index in [2.05, 4.69) is 30.9 Å². The first kappa shape index (κ1) is 23.3. The maximum Gasteiger partial charge on any atom is 0.243 e. The van der Waals surface area contributed by atoms with Crippen molar-refractivity contribution in [3.8, 4) is 0 Å². The van der Waals surface area contributed by atoms with E-state index in [1.807, 2.05) is 11.8 Å². The summed E-state index contributed by atoms with van der Waals surface area (Å²) < 4.78 is 29.1. The molecule has 9 heteroatoms. The van der Waals surface area contributed by atoms with Crippen molar-refractivity contribution in [1.82, 2.24) is 14.2 Å². The Hall–Kier alpha value is -2.49. The number of carbonyl (C=O) groups is 1. The number of carbonyl (C=O) groups excluding carboxylic acids is 1. The van der Waals surface area contributed by atoms with E-state index in [-0.39, 0.29) is 10.8 Å². The molecule has 0 radical (unpaired) electrons. The van der Waals surface area contributed by atoms with Gasteiger partial charge in [-0.25, -0.2) is 13.4 Å². The highest BCUT2D eigenvalue weighted by atomic mass is 32.2. The van der Waals surface area contributed by atoms with Gasteiger partial charge in [-0.1, -0.05) is 35.1 Å². The average molecular weight is 499 g/mol. The van der Waals surface area contributed by atoms with E-state index in [0.29, 0.717) is 45.6 Å². The molecule has 2 fully saturated rings. The summed E-state index contributed by atoms with van der Waals surface area (Å²) in [6, 6.07) is 10.5. The van der Waals surface area contributed by atoms with Crippen molar-refractivity contribution >= 4 is 42.6 Å². The number of hydrogen-bond donors (Lipinski definition) is 0. The van der Waals surface area contributed by atoms with E-state index in [9.17, 15) is 13.2 Å². The third-order valence-electron chi connectivity index (χ3n) is 7.05. The largest absolute Gasteiger partial charge is 0.345 e. The molecular formula is C25H30N4O3S2. The number of hydrogen-bond acceptors (Lipinski definition) is 6. The van der Waals surface area contributed by atoms with Gasteiger partial charge in [0.2, 0.25) is 15.9 Å². The van der Waals surface area contributed by atoms with Crippen LogP contribution in [0.15, 0.2) is 41.3 Å². The molecule has 7 nitrogen and oxygen atoms in total. The van der Waals surface area contributed by atoms with Gasteiger partial charge in [-0.15, -0.1) is 0 Å². The van der Waals surface area contributed by atoms with E-state index in [0.717, 1.165) is 16.2 Å². The number of anilines is 1. The van der Waals surface area contributed by atoms with Crippen LogP contribution in [-0.4, -0.2) is 67.3 Å². The highest BCUT2D eigenvalue weighted by Gasteiger charge is 2.41. The highest BCUT2D eigenvalue weighted by Crippen LogP contribution is 2.33. The lowest BCUT2D eigenvalue weighted by Gasteiger charge is -2.37. The maximum absolute atomic E-state index is 13.4. The number of rotatable bonds is 4. The van der Waals surface area contributed by atoms with Crippen LogP contribution in [0.4, 0.5) is 5.13 Å². The molecule has 1 atom stereocenters. The highest BCUT2D eigenvalue weighted by molar-refractivity contribution is 7.89. The van der Waals surface area contributed by atoms with Gasteiger partial charge >= 0.3 is 0 Å². The predicted molar refractivity (Wildman–Crippen MR) is 136 cm³/mol. The summed E-state index contributed by atoms with van der Waals surface area (Å²) >= 11 is 1.69. The van der Waals surface area contributed by atoms with Gasteiger partial charge in [-0.2, -0.15) is 4.31 Å². The van der Waals surface area contributed by atoms with Gasteiger partial charge in [0.15, 0.2) is 5.13 Å². The summed E-state index contributed by atoms with van der Waals surface area (Å²) in [5, 5.41) is 0.986. The smallest absolute Gasteiger partial charge is 0.243 e. The lowest BCUT2D eigenvalue weighted by Crippen LogP contribution is -2.54. The molecular weight excluding hydrogens is 468 g/mol. The Balaban J connectivity index is 1.28. The molecule has 3 heterocycles. The van der Waals surface area contributed by atoms with Gasteiger partial charge < -0.3 is 9.80 Å². The number of amides is 1. The predicted octanol–water partition coefficient (Wildman–Crippen LogP) is 3.72. The summed E-state index contributed by atoms with van der Waals surface area (Å²) in [5.74, 6) is -0.0800. The van der Waals surface area contributed by atoms with Gasteiger partial charge in [-0.05, 0) is 62.9 Å². The molecule has 1 unspecified atom stereocenters. The second-order valence-corrected chi connectivity index (χ2v) is 12.1. The first-order valence-electron chi connectivity index (χ1n) is 11.7. The number of nitrogens with zero attached hydrogens (tertiary/aromatic N) is 4. The molecule has 0 bridgehead atoms. The Bertz CT molecular complexity index is 1330. The Morgan fingerprint density at radius 1 is 0.971 bits per heavy atom. The molecule has 0 saturated carbocycles. The number of benzene rings is 2. The third kappa shape index (κ3) is 4.10. The molecule has 1 aromatic heterocycles. The van der Waals surface area contributed by atoms with E-state index in [1.165, 1.54) is 20.1 Å². The Labute approximate surface area is 205 Å². The lowest BCUT2D eigenvalue weighted by molar-refractivity contribution is -0.134. The molecule has 1 amide bonds. The van der Waals surface area contributed by atoms with Crippen molar-refractivity contribution in [2.45, 2.75) is 44.6 Å². The first-order valence-corrected chi connectivity index (χ1v) is 14.0. The zero-order chi connectivity index (χ0) is 24.0. The van der Waals surface area contributed by atoms with Crippen LogP contribution in [0.5, 0.6) is 0 Å². The number of piperazine rings is 1. The summed E-state index contributed by atoms with van der Waals surface area (Å²) in [6.45, 7) is 9.05. The van der Waals surface area contributed by atoms with Crippen molar-refractivity contribution in [3.63, 3.8) is 0 Å². The van der Waals surface area contributed by atoms with Crippen molar-refractivity contribution < 1.29 is 13.2 Å². The lowest BCUT2D eigenvalue weighted by atomic mass is 10.1. The zero-order valence-corrected chi connectivity index (χ0v) is 21.5. The summed E-state index contributed by atoms with van der Waals surface area (Å²) in [7, 11) is -3.70. The summed E-state index contributed by atoms with van der Waals surface area (Å²) in [4.78, 5) is 22.6. The van der Waals surface area contributed by atoms with Crippen LogP contribution in [0, 0.1) is 20.8 Å². The fraction of sp³-hybridized carbons (Fsp3) is 0.440. The van der Waals surface area contributed by atoms with E-state index < -0.39 is 16.1 Å². The normalized spacial score (nSPS) is 19.8. The SMILES string of the molecule is Cc1ccc(S(=O)(=O)N2CCCC2C(=O)N2CCN(c3nc4c(C)c(C)ccc4s3)CC2)cc1. The number of sulfonamides is 1. The van der Waals surface area contributed by atoms with Crippen LogP contribution in [0.2, 0.25) is 0 Å². The van der Waals surface area contributed by atoms with Crippen LogP contribution in [0.3, 0.4) is 0 Å². The first-order chi connectivity index (χ1) is 16.3. The van der Waals surface area contributed by atoms with Gasteiger partial charge in [0.05, 0.1) is 15.1 Å². The quantitative estimate of drug-likeness (QED) is 0.548. The molecule has 2 aliphatic heterocycles. The van der Waals surface area contributed by atoms with Gasteiger partial charge in [0, 0.05) is 32.7 Å². The minimum atomic E-state index is -3.70. The minimum Gasteiger partial charge on any atom is -0.345 e. The van der Waals surface area contributed by atoms with Crippen LogP contribution in [0.25, 0.3) is 10.2 Å². The minimum absolute atomic E-state index is 0.0800. The number of aromatic nitrogens is 1. The van der Waals surface area contributed by atoms with E-state index >= 15 is 0 Å². The number of aryl methyl sites for hydroxylation is 3. The molecule has 0 spiro atoms. The summed E-state index contributed by atoms with van der Waals surface area (Å²) in [6.07, 6.45) is 1.27. The van der Waals surface area contributed by atoms with Crippen molar-refractivity contribution in [3.05, 3.63) is 53.1 Å².